The Kier molecular flexibility index (Phi) is 10.7. The molecule has 0 unspecified atom stereocenters. The standard InChI is InChI=1S/C32H35F4N5O5/c1-19-16-41(20(2)18-42)29(43)15-21-14-26(38-30(44)37-24-8-4-22(5-9-24)32(34,35)36)12-13-27(21)46-28(19)17-40(3)31(45)39-25-10-6-23(33)7-11-25/h4-14,19-20,28,42H,15-18H2,1-3H3,(H,39,45)(H2,37,38,44)/t19-,20+,28+/m0/s1. The normalized spacial score (nSPS) is 17.4. The first-order valence-electron chi connectivity index (χ1n) is 14.5. The predicted molar refractivity (Wildman–Crippen MR) is 164 cm³/mol. The second kappa shape index (κ2) is 14.5. The number of ether oxygens (including phenoxy) is 1. The molecule has 3 atom stereocenters. The maximum absolute atomic E-state index is 13.4. The van der Waals surface area contributed by atoms with Crippen molar-refractivity contribution < 1.29 is 41.8 Å². The monoisotopic (exact) mass is 645 g/mol. The van der Waals surface area contributed by atoms with E-state index in [2.05, 4.69) is 16.0 Å². The van der Waals surface area contributed by atoms with E-state index in [0.29, 0.717) is 22.7 Å². The molecule has 10 nitrogen and oxygen atoms in total. The summed E-state index contributed by atoms with van der Waals surface area (Å²) in [6.07, 6.45) is -5.23. The Balaban J connectivity index is 1.53. The minimum absolute atomic E-state index is 0.110. The van der Waals surface area contributed by atoms with E-state index in [0.717, 1.165) is 24.3 Å². The number of carbonyl (C=O) groups excluding carboxylic acids is 3. The lowest BCUT2D eigenvalue weighted by Gasteiger charge is -2.34. The van der Waals surface area contributed by atoms with Crippen LogP contribution < -0.4 is 20.7 Å². The number of urea groups is 2. The zero-order valence-electron chi connectivity index (χ0n) is 25.4. The number of likely N-dealkylation sites (N-methyl/N-ethyl adjacent to an activating group) is 1. The molecule has 3 aromatic rings. The van der Waals surface area contributed by atoms with Crippen molar-refractivity contribution >= 4 is 35.0 Å². The van der Waals surface area contributed by atoms with Gasteiger partial charge in [-0.1, -0.05) is 6.92 Å². The Morgan fingerprint density at radius 2 is 1.59 bits per heavy atom. The summed E-state index contributed by atoms with van der Waals surface area (Å²) in [6, 6.07) is 12.3. The smallest absolute Gasteiger partial charge is 0.416 e. The molecule has 14 heteroatoms. The van der Waals surface area contributed by atoms with Gasteiger partial charge in [-0.2, -0.15) is 13.2 Å². The van der Waals surface area contributed by atoms with E-state index in [1.807, 2.05) is 6.92 Å². The highest BCUT2D eigenvalue weighted by Gasteiger charge is 2.32. The molecule has 46 heavy (non-hydrogen) atoms. The topological polar surface area (TPSA) is 123 Å². The Bertz CT molecular complexity index is 1540. The number of anilines is 3. The molecule has 5 amide bonds. The molecule has 3 aromatic carbocycles. The van der Waals surface area contributed by atoms with Gasteiger partial charge in [0.15, 0.2) is 0 Å². The van der Waals surface area contributed by atoms with Gasteiger partial charge in [-0.15, -0.1) is 0 Å². The number of hydrogen-bond acceptors (Lipinski definition) is 5. The van der Waals surface area contributed by atoms with Gasteiger partial charge < -0.3 is 35.6 Å². The molecular weight excluding hydrogens is 610 g/mol. The quantitative estimate of drug-likeness (QED) is 0.242. The summed E-state index contributed by atoms with van der Waals surface area (Å²) in [5.74, 6) is -0.665. The fourth-order valence-corrected chi connectivity index (χ4v) is 4.87. The summed E-state index contributed by atoms with van der Waals surface area (Å²) in [7, 11) is 1.57. The fourth-order valence-electron chi connectivity index (χ4n) is 4.87. The van der Waals surface area contributed by atoms with E-state index < -0.39 is 41.8 Å². The SMILES string of the molecule is C[C@H](CO)N1C[C@H](C)[C@@H](CN(C)C(=O)Nc2ccc(F)cc2)Oc2ccc(NC(=O)Nc3ccc(C(F)(F)F)cc3)cc2CC1=O. The van der Waals surface area contributed by atoms with Gasteiger partial charge in [0.05, 0.1) is 31.2 Å². The predicted octanol–water partition coefficient (Wildman–Crippen LogP) is 5.80. The largest absolute Gasteiger partial charge is 0.488 e. The number of fused-ring (bicyclic) bond motifs is 1. The van der Waals surface area contributed by atoms with E-state index in [1.165, 1.54) is 29.2 Å². The molecule has 4 N–H and O–H groups in total. The van der Waals surface area contributed by atoms with E-state index >= 15 is 0 Å². The summed E-state index contributed by atoms with van der Waals surface area (Å²) >= 11 is 0. The zero-order valence-corrected chi connectivity index (χ0v) is 25.4. The van der Waals surface area contributed by atoms with Crippen molar-refractivity contribution in [2.24, 2.45) is 5.92 Å². The van der Waals surface area contributed by atoms with Gasteiger partial charge in [-0.3, -0.25) is 4.79 Å². The summed E-state index contributed by atoms with van der Waals surface area (Å²) < 4.78 is 58.2. The summed E-state index contributed by atoms with van der Waals surface area (Å²) in [4.78, 5) is 42.0. The number of nitrogens with one attached hydrogen (secondary N) is 3. The van der Waals surface area contributed by atoms with E-state index in [1.54, 1.807) is 37.1 Å². The number of halogens is 4. The number of rotatable bonds is 7. The molecule has 0 aromatic heterocycles. The maximum atomic E-state index is 13.4. The number of nitrogens with zero attached hydrogens (tertiary/aromatic N) is 2. The third-order valence-corrected chi connectivity index (χ3v) is 7.54. The highest BCUT2D eigenvalue weighted by atomic mass is 19.4. The van der Waals surface area contributed by atoms with Gasteiger partial charge in [-0.25, -0.2) is 14.0 Å². The van der Waals surface area contributed by atoms with Gasteiger partial charge in [0.25, 0.3) is 0 Å². The average Bonchev–Trinajstić information content (AvgIpc) is 3.05. The number of amides is 5. The van der Waals surface area contributed by atoms with Crippen molar-refractivity contribution in [3.8, 4) is 5.75 Å². The van der Waals surface area contributed by atoms with E-state index in [4.69, 9.17) is 4.74 Å². The molecule has 1 aliphatic rings. The lowest BCUT2D eigenvalue weighted by Crippen LogP contribution is -2.48. The van der Waals surface area contributed by atoms with Crippen LogP contribution in [-0.4, -0.2) is 71.8 Å². The Labute approximate surface area is 263 Å². The third kappa shape index (κ3) is 8.87. The molecular formula is C32H35F4N5O5. The van der Waals surface area contributed by atoms with Crippen molar-refractivity contribution in [2.75, 3.05) is 42.7 Å². The molecule has 0 aliphatic carbocycles. The third-order valence-electron chi connectivity index (χ3n) is 7.54. The molecule has 0 radical (unpaired) electrons. The van der Waals surface area contributed by atoms with Crippen LogP contribution in [0.4, 0.5) is 44.2 Å². The average molecular weight is 646 g/mol. The summed E-state index contributed by atoms with van der Waals surface area (Å²) in [6.45, 7) is 3.65. The molecule has 1 heterocycles. The second-order valence-corrected chi connectivity index (χ2v) is 11.2. The number of aliphatic hydroxyl groups excluding tert-OH is 1. The number of alkyl halides is 3. The highest BCUT2D eigenvalue weighted by molar-refractivity contribution is 6.00. The Hall–Kier alpha value is -4.85. The second-order valence-electron chi connectivity index (χ2n) is 11.2. The van der Waals surface area contributed by atoms with Crippen LogP contribution in [0.15, 0.2) is 66.7 Å². The van der Waals surface area contributed by atoms with Crippen molar-refractivity contribution in [3.05, 3.63) is 83.7 Å². The Morgan fingerprint density at radius 3 is 2.22 bits per heavy atom. The first-order chi connectivity index (χ1) is 21.7. The zero-order chi connectivity index (χ0) is 33.6. The van der Waals surface area contributed by atoms with Gasteiger partial charge >= 0.3 is 18.2 Å². The van der Waals surface area contributed by atoms with Crippen molar-refractivity contribution in [2.45, 2.75) is 38.6 Å². The molecule has 1 aliphatic heterocycles. The highest BCUT2D eigenvalue weighted by Crippen LogP contribution is 2.31. The van der Waals surface area contributed by atoms with Crippen LogP contribution >= 0.6 is 0 Å². The van der Waals surface area contributed by atoms with Crippen LogP contribution in [0.1, 0.15) is 25.0 Å². The molecule has 0 spiro atoms. The molecule has 246 valence electrons. The molecule has 0 saturated carbocycles. The van der Waals surface area contributed by atoms with Crippen molar-refractivity contribution in [3.63, 3.8) is 0 Å². The van der Waals surface area contributed by atoms with E-state index in [-0.39, 0.29) is 43.6 Å². The van der Waals surface area contributed by atoms with Gasteiger partial charge in [0.2, 0.25) is 5.91 Å². The number of benzene rings is 3. The summed E-state index contributed by atoms with van der Waals surface area (Å²) in [5.41, 5.74) is 0.427. The van der Waals surface area contributed by atoms with Gasteiger partial charge in [0, 0.05) is 42.1 Å². The van der Waals surface area contributed by atoms with Crippen LogP contribution in [0.5, 0.6) is 5.75 Å². The fraction of sp³-hybridized carbons (Fsp3) is 0.344. The van der Waals surface area contributed by atoms with Crippen LogP contribution in [0.25, 0.3) is 0 Å². The Morgan fingerprint density at radius 1 is 1.00 bits per heavy atom. The minimum Gasteiger partial charge on any atom is -0.488 e. The molecule has 4 rings (SSSR count). The number of aliphatic hydroxyl groups is 1. The van der Waals surface area contributed by atoms with Crippen LogP contribution in [0.3, 0.4) is 0 Å². The maximum Gasteiger partial charge on any atom is 0.416 e. The van der Waals surface area contributed by atoms with Crippen molar-refractivity contribution in [1.29, 1.82) is 0 Å². The molecule has 0 fully saturated rings. The molecule has 0 bridgehead atoms. The number of carbonyl (C=O) groups is 3. The van der Waals surface area contributed by atoms with Crippen molar-refractivity contribution in [1.82, 2.24) is 9.80 Å². The van der Waals surface area contributed by atoms with Crippen LogP contribution in [-0.2, 0) is 17.4 Å². The number of hydrogen-bond donors (Lipinski definition) is 4. The van der Waals surface area contributed by atoms with E-state index in [9.17, 15) is 37.1 Å². The van der Waals surface area contributed by atoms with Gasteiger partial charge in [-0.05, 0) is 73.7 Å². The minimum atomic E-state index is -4.51. The van der Waals surface area contributed by atoms with Gasteiger partial charge in [0.1, 0.15) is 17.7 Å². The van der Waals surface area contributed by atoms with Crippen LogP contribution in [0.2, 0.25) is 0 Å². The summed E-state index contributed by atoms with van der Waals surface area (Å²) in [5, 5.41) is 17.6. The molecule has 0 saturated heterocycles. The lowest BCUT2D eigenvalue weighted by molar-refractivity contribution is -0.137. The first kappa shape index (κ1) is 34.0. The first-order valence-corrected chi connectivity index (χ1v) is 14.5. The lowest BCUT2D eigenvalue weighted by atomic mass is 10.0. The van der Waals surface area contributed by atoms with Crippen LogP contribution in [0, 0.1) is 11.7 Å².